The molecule has 1 aliphatic heterocycles. The van der Waals surface area contributed by atoms with E-state index in [-0.39, 0.29) is 5.91 Å². The second-order valence-corrected chi connectivity index (χ2v) is 6.74. The maximum Gasteiger partial charge on any atom is 0.272 e. The summed E-state index contributed by atoms with van der Waals surface area (Å²) < 4.78 is 7.22. The van der Waals surface area contributed by atoms with Crippen molar-refractivity contribution < 1.29 is 9.53 Å². The number of aromatic nitrogens is 4. The molecule has 0 atom stereocenters. The van der Waals surface area contributed by atoms with E-state index in [0.29, 0.717) is 32.0 Å². The van der Waals surface area contributed by atoms with E-state index in [2.05, 4.69) is 20.5 Å². The van der Waals surface area contributed by atoms with Crippen LogP contribution in [0.2, 0.25) is 0 Å². The molecule has 0 spiro atoms. The predicted octanol–water partition coefficient (Wildman–Crippen LogP) is 2.39. The molecule has 1 saturated heterocycles. The molecule has 1 amide bonds. The Bertz CT molecular complexity index is 1170. The smallest absolute Gasteiger partial charge is 0.272 e. The molecule has 0 unspecified atom stereocenters. The number of para-hydroxylation sites is 1. The number of hydrogen-bond donors (Lipinski definition) is 2. The van der Waals surface area contributed by atoms with Crippen molar-refractivity contribution in [1.29, 1.82) is 0 Å². The largest absolute Gasteiger partial charge is 0.378 e. The molecule has 1 aliphatic rings. The van der Waals surface area contributed by atoms with Crippen LogP contribution in [0.4, 0.5) is 5.82 Å². The molecule has 4 aromatic rings. The fourth-order valence-corrected chi connectivity index (χ4v) is 3.70. The van der Waals surface area contributed by atoms with E-state index in [1.807, 2.05) is 52.9 Å². The van der Waals surface area contributed by atoms with Crippen LogP contribution in [0.25, 0.3) is 27.7 Å². The first-order chi connectivity index (χ1) is 13.8. The Labute approximate surface area is 161 Å². The molecule has 1 aromatic carbocycles. The predicted molar refractivity (Wildman–Crippen MR) is 107 cm³/mol. The summed E-state index contributed by atoms with van der Waals surface area (Å²) in [6.45, 7) is 2.35. The number of amides is 1. The quantitative estimate of drug-likeness (QED) is 0.573. The van der Waals surface area contributed by atoms with Gasteiger partial charge < -0.3 is 15.0 Å². The maximum atomic E-state index is 13.0. The van der Waals surface area contributed by atoms with E-state index in [1.165, 1.54) is 0 Å². The van der Waals surface area contributed by atoms with Gasteiger partial charge in [0.15, 0.2) is 5.82 Å². The molecule has 0 aliphatic carbocycles. The summed E-state index contributed by atoms with van der Waals surface area (Å²) in [7, 11) is 1.85. The Morgan fingerprint density at radius 1 is 1.21 bits per heavy atom. The molecule has 4 heterocycles. The van der Waals surface area contributed by atoms with E-state index < -0.39 is 0 Å². The molecule has 0 radical (unpaired) electrons. The number of anilines is 1. The minimum Gasteiger partial charge on any atom is -0.378 e. The number of nitrogens with one attached hydrogen (secondary N) is 2. The number of fused-ring (bicyclic) bond motifs is 2. The van der Waals surface area contributed by atoms with Crippen LogP contribution in [-0.4, -0.2) is 63.7 Å². The van der Waals surface area contributed by atoms with Gasteiger partial charge in [0.25, 0.3) is 5.91 Å². The van der Waals surface area contributed by atoms with Crippen molar-refractivity contribution in [3.63, 3.8) is 0 Å². The number of rotatable bonds is 3. The zero-order valence-corrected chi connectivity index (χ0v) is 15.5. The van der Waals surface area contributed by atoms with Crippen LogP contribution in [0.3, 0.4) is 0 Å². The Balaban J connectivity index is 1.60. The standard InChI is InChI=1S/C20H20N6O2/c1-21-19-15-4-2-3-14(18(15)23-24-19)13-5-6-17-22-11-16(26(17)12-13)20(27)25-7-9-28-10-8-25/h2-6,11-12H,7-10H2,1H3,(H2,21,23,24). The first-order valence-corrected chi connectivity index (χ1v) is 9.25. The number of benzene rings is 1. The van der Waals surface area contributed by atoms with Crippen molar-refractivity contribution in [3.05, 3.63) is 48.4 Å². The third-order valence-corrected chi connectivity index (χ3v) is 5.17. The second kappa shape index (κ2) is 6.65. The number of hydrogen-bond acceptors (Lipinski definition) is 5. The highest BCUT2D eigenvalue weighted by Crippen LogP contribution is 2.31. The lowest BCUT2D eigenvalue weighted by atomic mass is 10.0. The number of imidazole rings is 1. The summed E-state index contributed by atoms with van der Waals surface area (Å²) in [5, 5.41) is 11.6. The number of H-pyrrole nitrogens is 1. The Morgan fingerprint density at radius 3 is 2.89 bits per heavy atom. The normalized spacial score (nSPS) is 14.7. The lowest BCUT2D eigenvalue weighted by molar-refractivity contribution is 0.0298. The molecule has 5 rings (SSSR count). The van der Waals surface area contributed by atoms with Gasteiger partial charge in [-0.3, -0.25) is 14.3 Å². The highest BCUT2D eigenvalue weighted by atomic mass is 16.5. The van der Waals surface area contributed by atoms with Crippen LogP contribution in [0, 0.1) is 0 Å². The van der Waals surface area contributed by atoms with Crippen molar-refractivity contribution in [3.8, 4) is 11.1 Å². The Morgan fingerprint density at radius 2 is 2.07 bits per heavy atom. The minimum absolute atomic E-state index is 0.0230. The average Bonchev–Trinajstić information content (AvgIpc) is 3.37. The molecular weight excluding hydrogens is 356 g/mol. The summed E-state index contributed by atoms with van der Waals surface area (Å²) >= 11 is 0. The van der Waals surface area contributed by atoms with Crippen LogP contribution < -0.4 is 5.32 Å². The van der Waals surface area contributed by atoms with E-state index in [9.17, 15) is 4.79 Å². The zero-order chi connectivity index (χ0) is 19.1. The number of ether oxygens (including phenoxy) is 1. The summed E-state index contributed by atoms with van der Waals surface area (Å²) in [6, 6.07) is 10.0. The van der Waals surface area contributed by atoms with Gasteiger partial charge in [0, 0.05) is 42.8 Å². The SMILES string of the molecule is CNc1n[nH]c2c(-c3ccc4ncc(C(=O)N5CCOCC5)n4c3)cccc12. The van der Waals surface area contributed by atoms with Gasteiger partial charge >= 0.3 is 0 Å². The second-order valence-electron chi connectivity index (χ2n) is 6.74. The van der Waals surface area contributed by atoms with Crippen LogP contribution in [0.5, 0.6) is 0 Å². The van der Waals surface area contributed by atoms with Crippen molar-refractivity contribution in [2.75, 3.05) is 38.7 Å². The van der Waals surface area contributed by atoms with Gasteiger partial charge in [0.05, 0.1) is 24.9 Å². The van der Waals surface area contributed by atoms with Gasteiger partial charge in [-0.2, -0.15) is 5.10 Å². The van der Waals surface area contributed by atoms with E-state index >= 15 is 0 Å². The Kier molecular flexibility index (Phi) is 3.98. The topological polar surface area (TPSA) is 87.5 Å². The first kappa shape index (κ1) is 16.8. The third-order valence-electron chi connectivity index (χ3n) is 5.17. The number of carbonyl (C=O) groups excluding carboxylic acids is 1. The molecule has 0 saturated carbocycles. The highest BCUT2D eigenvalue weighted by Gasteiger charge is 2.22. The monoisotopic (exact) mass is 376 g/mol. The lowest BCUT2D eigenvalue weighted by Gasteiger charge is -2.26. The van der Waals surface area contributed by atoms with E-state index in [4.69, 9.17) is 4.74 Å². The van der Waals surface area contributed by atoms with Gasteiger partial charge in [-0.1, -0.05) is 12.1 Å². The van der Waals surface area contributed by atoms with Gasteiger partial charge in [-0.25, -0.2) is 4.98 Å². The number of pyridine rings is 1. The van der Waals surface area contributed by atoms with Crippen LogP contribution in [0.15, 0.2) is 42.7 Å². The van der Waals surface area contributed by atoms with Crippen LogP contribution in [-0.2, 0) is 4.74 Å². The molecule has 3 aromatic heterocycles. The van der Waals surface area contributed by atoms with Crippen molar-refractivity contribution in [2.45, 2.75) is 0 Å². The van der Waals surface area contributed by atoms with E-state index in [0.717, 1.165) is 33.5 Å². The molecule has 1 fully saturated rings. The summed E-state index contributed by atoms with van der Waals surface area (Å²) in [5.74, 6) is 0.786. The van der Waals surface area contributed by atoms with Crippen LogP contribution in [0.1, 0.15) is 10.5 Å². The van der Waals surface area contributed by atoms with Gasteiger partial charge in [0.2, 0.25) is 0 Å². The number of morpholine rings is 1. The fraction of sp³-hybridized carbons (Fsp3) is 0.250. The molecular formula is C20H20N6O2. The van der Waals surface area contributed by atoms with Crippen molar-refractivity contribution in [2.24, 2.45) is 0 Å². The number of carbonyl (C=O) groups is 1. The third kappa shape index (κ3) is 2.61. The molecule has 28 heavy (non-hydrogen) atoms. The average molecular weight is 376 g/mol. The molecule has 2 N–H and O–H groups in total. The summed E-state index contributed by atoms with van der Waals surface area (Å²) in [5.41, 5.74) is 4.26. The van der Waals surface area contributed by atoms with E-state index in [1.54, 1.807) is 6.20 Å². The number of nitrogens with zero attached hydrogens (tertiary/aromatic N) is 4. The highest BCUT2D eigenvalue weighted by molar-refractivity contribution is 6.00. The zero-order valence-electron chi connectivity index (χ0n) is 15.5. The first-order valence-electron chi connectivity index (χ1n) is 9.25. The van der Waals surface area contributed by atoms with Gasteiger partial charge in [-0.15, -0.1) is 0 Å². The number of aromatic amines is 1. The fourth-order valence-electron chi connectivity index (χ4n) is 3.70. The Hall–Kier alpha value is -3.39. The summed E-state index contributed by atoms with van der Waals surface area (Å²) in [4.78, 5) is 19.2. The summed E-state index contributed by atoms with van der Waals surface area (Å²) in [6.07, 6.45) is 3.61. The molecule has 0 bridgehead atoms. The molecule has 8 nitrogen and oxygen atoms in total. The van der Waals surface area contributed by atoms with Gasteiger partial charge in [0.1, 0.15) is 11.3 Å². The van der Waals surface area contributed by atoms with Crippen LogP contribution >= 0.6 is 0 Å². The van der Waals surface area contributed by atoms with Crippen molar-refractivity contribution >= 4 is 28.3 Å². The molecule has 142 valence electrons. The van der Waals surface area contributed by atoms with Gasteiger partial charge in [-0.05, 0) is 18.2 Å². The minimum atomic E-state index is -0.0230. The lowest BCUT2D eigenvalue weighted by Crippen LogP contribution is -2.41. The molecule has 8 heteroatoms. The van der Waals surface area contributed by atoms with Crippen molar-refractivity contribution in [1.82, 2.24) is 24.5 Å². The maximum absolute atomic E-state index is 13.0.